The second kappa shape index (κ2) is 10.7. The molecule has 0 fully saturated rings. The Hall–Kier alpha value is -3.38. The number of aromatic nitrogens is 2. The highest BCUT2D eigenvalue weighted by atomic mass is 16.5. The van der Waals surface area contributed by atoms with Crippen LogP contribution in [0.2, 0.25) is 0 Å². The van der Waals surface area contributed by atoms with Crippen LogP contribution in [0.4, 0.5) is 0 Å². The van der Waals surface area contributed by atoms with Crippen LogP contribution in [0, 0.1) is 20.8 Å². The van der Waals surface area contributed by atoms with Gasteiger partial charge >= 0.3 is 0 Å². The van der Waals surface area contributed by atoms with Crippen molar-refractivity contribution in [2.75, 3.05) is 0 Å². The molecule has 2 N–H and O–H groups in total. The van der Waals surface area contributed by atoms with Crippen molar-refractivity contribution in [1.82, 2.24) is 15.2 Å². The molecule has 2 aromatic carbocycles. The van der Waals surface area contributed by atoms with Gasteiger partial charge in [0.2, 0.25) is 5.91 Å². The molecule has 0 spiro atoms. The van der Waals surface area contributed by atoms with Crippen molar-refractivity contribution in [2.24, 2.45) is 0 Å². The average Bonchev–Trinajstić information content (AvgIpc) is 3.34. The van der Waals surface area contributed by atoms with Crippen LogP contribution < -0.4 is 5.48 Å². The first-order valence-corrected chi connectivity index (χ1v) is 12.0. The molecule has 0 aliphatic carbocycles. The summed E-state index contributed by atoms with van der Waals surface area (Å²) in [5.41, 5.74) is 9.94. The second-order valence-electron chi connectivity index (χ2n) is 9.14. The summed E-state index contributed by atoms with van der Waals surface area (Å²) in [6.07, 6.45) is 7.39. The van der Waals surface area contributed by atoms with Gasteiger partial charge in [-0.2, -0.15) is 0 Å². The molecule has 0 aliphatic heterocycles. The number of hydrogen-bond donors (Lipinski definition) is 2. The third kappa shape index (κ3) is 5.39. The smallest absolute Gasteiger partial charge is 0.243 e. The van der Waals surface area contributed by atoms with E-state index in [1.807, 2.05) is 13.8 Å². The molecule has 4 aromatic rings. The quantitative estimate of drug-likeness (QED) is 0.166. The minimum absolute atomic E-state index is 0.314. The number of aryl methyl sites for hydroxylation is 4. The predicted octanol–water partition coefficient (Wildman–Crippen LogP) is 6.27. The van der Waals surface area contributed by atoms with Crippen LogP contribution in [0.1, 0.15) is 60.2 Å². The van der Waals surface area contributed by atoms with Gasteiger partial charge in [0.1, 0.15) is 5.76 Å². The summed E-state index contributed by atoms with van der Waals surface area (Å²) in [5.74, 6) is 0.526. The van der Waals surface area contributed by atoms with E-state index in [0.29, 0.717) is 6.42 Å². The minimum atomic E-state index is -0.314. The van der Waals surface area contributed by atoms with Gasteiger partial charge in [0.05, 0.1) is 5.69 Å². The fraction of sp³-hybridized carbons (Fsp3) is 0.357. The fourth-order valence-electron chi connectivity index (χ4n) is 4.77. The van der Waals surface area contributed by atoms with Gasteiger partial charge < -0.3 is 9.09 Å². The molecular formula is C28H33N3O3. The summed E-state index contributed by atoms with van der Waals surface area (Å²) in [6.45, 7) is 7.01. The summed E-state index contributed by atoms with van der Waals surface area (Å²) in [6, 6.07) is 15.3. The Morgan fingerprint density at radius 3 is 2.62 bits per heavy atom. The van der Waals surface area contributed by atoms with Gasteiger partial charge in [-0.3, -0.25) is 10.0 Å². The normalized spacial score (nSPS) is 11.3. The van der Waals surface area contributed by atoms with Crippen molar-refractivity contribution in [3.05, 3.63) is 76.8 Å². The fourth-order valence-corrected chi connectivity index (χ4v) is 4.77. The zero-order chi connectivity index (χ0) is 24.1. The molecular weight excluding hydrogens is 426 g/mol. The van der Waals surface area contributed by atoms with E-state index in [-0.39, 0.29) is 5.91 Å². The summed E-state index contributed by atoms with van der Waals surface area (Å²) in [4.78, 5) is 11.2. The lowest BCUT2D eigenvalue weighted by atomic mass is 9.98. The van der Waals surface area contributed by atoms with E-state index in [1.165, 1.54) is 27.6 Å². The molecule has 0 saturated carbocycles. The van der Waals surface area contributed by atoms with Crippen molar-refractivity contribution >= 4 is 16.8 Å². The van der Waals surface area contributed by atoms with Crippen molar-refractivity contribution in [3.8, 4) is 11.1 Å². The second-order valence-corrected chi connectivity index (χ2v) is 9.14. The number of unbranched alkanes of at least 4 members (excludes halogenated alkanes) is 3. The first kappa shape index (κ1) is 23.8. The number of nitrogens with zero attached hydrogens (tertiary/aromatic N) is 2. The van der Waals surface area contributed by atoms with Crippen molar-refractivity contribution in [1.29, 1.82) is 0 Å². The summed E-state index contributed by atoms with van der Waals surface area (Å²) < 4.78 is 7.78. The van der Waals surface area contributed by atoms with Crippen LogP contribution >= 0.6 is 0 Å². The number of rotatable bonds is 10. The van der Waals surface area contributed by atoms with E-state index < -0.39 is 0 Å². The topological polar surface area (TPSA) is 80.3 Å². The van der Waals surface area contributed by atoms with Gasteiger partial charge in [0.25, 0.3) is 0 Å². The number of amides is 1. The highest BCUT2D eigenvalue weighted by molar-refractivity contribution is 5.89. The largest absolute Gasteiger partial charge is 0.361 e. The van der Waals surface area contributed by atoms with Gasteiger partial charge in [0.15, 0.2) is 0 Å². The molecule has 34 heavy (non-hydrogen) atoms. The highest BCUT2D eigenvalue weighted by Crippen LogP contribution is 2.33. The molecule has 0 aliphatic rings. The standard InChI is InChI=1S/C28H33N3O3/c1-19-9-8-10-22(15-19)16-24-18-31(14-7-5-4-6-11-27(32)29-33)26-13-12-23(17-25(24)26)28-20(2)30-34-21(28)3/h8-10,12-13,15,17-18,33H,4-7,11,14,16H2,1-3H3,(H,29,32). The average molecular weight is 460 g/mol. The Balaban J connectivity index is 1.59. The summed E-state index contributed by atoms with van der Waals surface area (Å²) in [7, 11) is 0. The zero-order valence-electron chi connectivity index (χ0n) is 20.2. The van der Waals surface area contributed by atoms with Crippen molar-refractivity contribution in [2.45, 2.75) is 65.8 Å². The molecule has 1 amide bonds. The Morgan fingerprint density at radius 2 is 1.88 bits per heavy atom. The van der Waals surface area contributed by atoms with E-state index >= 15 is 0 Å². The molecule has 0 bridgehead atoms. The van der Waals surface area contributed by atoms with Crippen molar-refractivity contribution < 1.29 is 14.5 Å². The lowest BCUT2D eigenvalue weighted by Crippen LogP contribution is -2.17. The first-order valence-electron chi connectivity index (χ1n) is 12.0. The van der Waals surface area contributed by atoms with Crippen LogP contribution in [-0.2, 0) is 17.8 Å². The molecule has 0 saturated heterocycles. The molecule has 178 valence electrons. The number of benzene rings is 2. The van der Waals surface area contributed by atoms with Crippen molar-refractivity contribution in [3.63, 3.8) is 0 Å². The Morgan fingerprint density at radius 1 is 1.06 bits per heavy atom. The van der Waals surface area contributed by atoms with Gasteiger partial charge in [-0.15, -0.1) is 0 Å². The number of hydroxylamine groups is 1. The Labute approximate surface area is 200 Å². The maximum absolute atomic E-state index is 11.2. The van der Waals surface area contributed by atoms with Gasteiger partial charge in [-0.05, 0) is 68.9 Å². The molecule has 6 nitrogen and oxygen atoms in total. The van der Waals surface area contributed by atoms with Crippen LogP contribution in [0.25, 0.3) is 22.0 Å². The number of carbonyl (C=O) groups is 1. The van der Waals surface area contributed by atoms with E-state index in [9.17, 15) is 4.79 Å². The molecule has 2 heterocycles. The van der Waals surface area contributed by atoms with E-state index in [0.717, 1.165) is 61.2 Å². The molecule has 6 heteroatoms. The maximum Gasteiger partial charge on any atom is 0.243 e. The van der Waals surface area contributed by atoms with Gasteiger partial charge in [0, 0.05) is 35.6 Å². The Kier molecular flexibility index (Phi) is 7.48. The monoisotopic (exact) mass is 459 g/mol. The number of nitrogens with one attached hydrogen (secondary N) is 1. The Bertz CT molecular complexity index is 1270. The van der Waals surface area contributed by atoms with Crippen LogP contribution in [0.15, 0.2) is 53.2 Å². The number of hydrogen-bond acceptors (Lipinski definition) is 4. The van der Waals surface area contributed by atoms with E-state index in [4.69, 9.17) is 9.73 Å². The summed E-state index contributed by atoms with van der Waals surface area (Å²) >= 11 is 0. The van der Waals surface area contributed by atoms with Gasteiger partial charge in [-0.25, -0.2) is 5.48 Å². The third-order valence-corrected chi connectivity index (χ3v) is 6.44. The number of carbonyl (C=O) groups excluding carboxylic acids is 1. The first-order chi connectivity index (χ1) is 16.5. The van der Waals surface area contributed by atoms with Gasteiger partial charge in [-0.1, -0.05) is 53.9 Å². The van der Waals surface area contributed by atoms with E-state index in [1.54, 1.807) is 5.48 Å². The van der Waals surface area contributed by atoms with Crippen LogP contribution in [-0.4, -0.2) is 20.8 Å². The lowest BCUT2D eigenvalue weighted by molar-refractivity contribution is -0.129. The minimum Gasteiger partial charge on any atom is -0.361 e. The van der Waals surface area contributed by atoms with E-state index in [2.05, 4.69) is 65.3 Å². The predicted molar refractivity (Wildman–Crippen MR) is 134 cm³/mol. The molecule has 0 radical (unpaired) electrons. The summed E-state index contributed by atoms with van der Waals surface area (Å²) in [5, 5.41) is 14.0. The van der Waals surface area contributed by atoms with Crippen LogP contribution in [0.3, 0.4) is 0 Å². The third-order valence-electron chi connectivity index (χ3n) is 6.44. The molecule has 0 unspecified atom stereocenters. The maximum atomic E-state index is 11.2. The SMILES string of the molecule is Cc1cccc(Cc2cn(CCCCCCC(=O)NO)c3ccc(-c4c(C)noc4C)cc23)c1. The molecule has 4 rings (SSSR count). The zero-order valence-corrected chi connectivity index (χ0v) is 20.2. The molecule has 0 atom stereocenters. The van der Waals surface area contributed by atoms with Crippen LogP contribution in [0.5, 0.6) is 0 Å². The highest BCUT2D eigenvalue weighted by Gasteiger charge is 2.15. The molecule has 2 aromatic heterocycles. The lowest BCUT2D eigenvalue weighted by Gasteiger charge is -2.07. The number of fused-ring (bicyclic) bond motifs is 1.